The van der Waals surface area contributed by atoms with Gasteiger partial charge in [0.1, 0.15) is 0 Å². The molecule has 1 amide bonds. The molecule has 37 heavy (non-hydrogen) atoms. The fraction of sp³-hybridized carbons (Fsp3) is 0.500. The number of fused-ring (bicyclic) bond motifs is 1. The summed E-state index contributed by atoms with van der Waals surface area (Å²) in [5, 5.41) is 0.637. The van der Waals surface area contributed by atoms with Crippen LogP contribution in [0.15, 0.2) is 41.3 Å². The number of ether oxygens (including phenoxy) is 1. The largest absolute Gasteiger partial charge is 0.376 e. The zero-order chi connectivity index (χ0) is 26.2. The maximum atomic E-state index is 13.8. The van der Waals surface area contributed by atoms with Crippen LogP contribution in [0.25, 0.3) is 10.2 Å². The number of hydrogen-bond acceptors (Lipinski definition) is 6. The van der Waals surface area contributed by atoms with Crippen molar-refractivity contribution >= 4 is 42.6 Å². The fourth-order valence-electron chi connectivity index (χ4n) is 5.45. The van der Waals surface area contributed by atoms with Gasteiger partial charge in [0.05, 0.1) is 27.8 Å². The molecule has 0 radical (unpaired) electrons. The SMILES string of the molecule is Cc1cc(C)c2sc(N(CC3CCCO3)C(=O)c3ccc(S(=O)(=O)N(C)C4CCCCC4)cc3)nc2c1. The first kappa shape index (κ1) is 26.3. The van der Waals surface area contributed by atoms with Crippen LogP contribution in [-0.2, 0) is 14.8 Å². The van der Waals surface area contributed by atoms with Gasteiger partial charge in [-0.2, -0.15) is 4.31 Å². The Morgan fingerprint density at radius 1 is 1.05 bits per heavy atom. The summed E-state index contributed by atoms with van der Waals surface area (Å²) >= 11 is 1.51. The molecule has 0 spiro atoms. The number of aryl methyl sites for hydroxylation is 2. The number of hydrogen-bond donors (Lipinski definition) is 0. The molecule has 1 saturated carbocycles. The minimum absolute atomic E-state index is 0.0353. The molecule has 198 valence electrons. The van der Waals surface area contributed by atoms with Gasteiger partial charge in [0.2, 0.25) is 10.0 Å². The van der Waals surface area contributed by atoms with Gasteiger partial charge in [0.25, 0.3) is 5.91 Å². The second-order valence-electron chi connectivity index (χ2n) is 10.3. The zero-order valence-corrected chi connectivity index (χ0v) is 23.4. The molecule has 0 N–H and O–H groups in total. The van der Waals surface area contributed by atoms with Crippen molar-refractivity contribution in [2.75, 3.05) is 25.1 Å². The molecular weight excluding hydrogens is 506 g/mol. The van der Waals surface area contributed by atoms with Gasteiger partial charge in [-0.1, -0.05) is 36.7 Å². The quantitative estimate of drug-likeness (QED) is 0.384. The lowest BCUT2D eigenvalue weighted by atomic mass is 9.96. The number of nitrogens with zero attached hydrogens (tertiary/aromatic N) is 3. The van der Waals surface area contributed by atoms with Gasteiger partial charge < -0.3 is 4.74 Å². The first-order valence-corrected chi connectivity index (χ1v) is 15.4. The summed E-state index contributed by atoms with van der Waals surface area (Å²) in [6.45, 7) is 5.22. The smallest absolute Gasteiger partial charge is 0.260 e. The molecule has 2 fully saturated rings. The topological polar surface area (TPSA) is 79.8 Å². The molecule has 1 aromatic heterocycles. The van der Waals surface area contributed by atoms with Gasteiger partial charge in [0.15, 0.2) is 5.13 Å². The van der Waals surface area contributed by atoms with E-state index in [1.165, 1.54) is 15.6 Å². The van der Waals surface area contributed by atoms with Crippen LogP contribution in [0.5, 0.6) is 0 Å². The molecule has 1 aliphatic heterocycles. The molecular formula is C28H35N3O4S2. The lowest BCUT2D eigenvalue weighted by Gasteiger charge is -2.30. The number of thiazole rings is 1. The normalized spacial score (nSPS) is 19.1. The molecule has 1 saturated heterocycles. The summed E-state index contributed by atoms with van der Waals surface area (Å²) in [4.78, 5) is 20.5. The van der Waals surface area contributed by atoms with Crippen LogP contribution in [-0.4, -0.2) is 56.0 Å². The molecule has 2 heterocycles. The predicted octanol–water partition coefficient (Wildman–Crippen LogP) is 5.69. The van der Waals surface area contributed by atoms with Crippen molar-refractivity contribution in [3.63, 3.8) is 0 Å². The van der Waals surface area contributed by atoms with Gasteiger partial charge in [-0.05, 0) is 81.0 Å². The molecule has 1 unspecified atom stereocenters. The van der Waals surface area contributed by atoms with Crippen LogP contribution in [0, 0.1) is 13.8 Å². The Morgan fingerprint density at radius 2 is 1.78 bits per heavy atom. The van der Waals surface area contributed by atoms with E-state index in [0.29, 0.717) is 23.8 Å². The summed E-state index contributed by atoms with van der Waals surface area (Å²) in [5.41, 5.74) is 3.59. The Balaban J connectivity index is 1.43. The highest BCUT2D eigenvalue weighted by Gasteiger charge is 2.30. The number of carbonyl (C=O) groups is 1. The van der Waals surface area contributed by atoms with Crippen molar-refractivity contribution in [3.8, 4) is 0 Å². The monoisotopic (exact) mass is 541 g/mol. The Labute approximate surface area is 223 Å². The standard InChI is InChI=1S/C28H35N3O4S2/c1-19-16-20(2)26-25(17-19)29-28(36-26)31(18-23-10-7-15-35-23)27(32)21-11-13-24(14-12-21)37(33,34)30(3)22-8-5-4-6-9-22/h11-14,16-17,22-23H,4-10,15,18H2,1-3H3. The van der Waals surface area contributed by atoms with E-state index in [2.05, 4.69) is 13.0 Å². The molecule has 2 aromatic carbocycles. The van der Waals surface area contributed by atoms with E-state index in [9.17, 15) is 13.2 Å². The van der Waals surface area contributed by atoms with Crippen LogP contribution in [0.4, 0.5) is 5.13 Å². The van der Waals surface area contributed by atoms with Crippen molar-refractivity contribution in [3.05, 3.63) is 53.1 Å². The van der Waals surface area contributed by atoms with Crippen LogP contribution < -0.4 is 4.90 Å². The molecule has 1 aliphatic carbocycles. The van der Waals surface area contributed by atoms with Gasteiger partial charge in [-0.25, -0.2) is 13.4 Å². The van der Waals surface area contributed by atoms with E-state index in [4.69, 9.17) is 9.72 Å². The number of carbonyl (C=O) groups excluding carboxylic acids is 1. The molecule has 7 nitrogen and oxygen atoms in total. The number of rotatable bonds is 7. The van der Waals surface area contributed by atoms with Crippen molar-refractivity contribution in [1.82, 2.24) is 9.29 Å². The Hall–Kier alpha value is -2.33. The minimum Gasteiger partial charge on any atom is -0.376 e. The predicted molar refractivity (Wildman–Crippen MR) is 148 cm³/mol. The Morgan fingerprint density at radius 3 is 2.46 bits per heavy atom. The maximum Gasteiger partial charge on any atom is 0.260 e. The highest BCUT2D eigenvalue weighted by molar-refractivity contribution is 7.89. The van der Waals surface area contributed by atoms with E-state index in [1.54, 1.807) is 36.2 Å². The number of benzene rings is 2. The van der Waals surface area contributed by atoms with E-state index >= 15 is 0 Å². The minimum atomic E-state index is -3.62. The van der Waals surface area contributed by atoms with Crippen LogP contribution in [0.2, 0.25) is 0 Å². The fourth-order valence-corrected chi connectivity index (χ4v) is 7.89. The number of anilines is 1. The summed E-state index contributed by atoms with van der Waals surface area (Å²) in [7, 11) is -1.95. The Kier molecular flexibility index (Phi) is 7.68. The highest BCUT2D eigenvalue weighted by Crippen LogP contribution is 2.34. The molecule has 1 atom stereocenters. The van der Waals surface area contributed by atoms with Crippen molar-refractivity contribution in [1.29, 1.82) is 0 Å². The van der Waals surface area contributed by atoms with E-state index in [-0.39, 0.29) is 22.9 Å². The average Bonchev–Trinajstić information content (AvgIpc) is 3.57. The van der Waals surface area contributed by atoms with E-state index < -0.39 is 10.0 Å². The first-order valence-electron chi connectivity index (χ1n) is 13.1. The molecule has 0 bridgehead atoms. The van der Waals surface area contributed by atoms with Gasteiger partial charge in [-0.3, -0.25) is 9.69 Å². The van der Waals surface area contributed by atoms with E-state index in [1.807, 2.05) is 13.0 Å². The first-order chi connectivity index (χ1) is 17.7. The van der Waals surface area contributed by atoms with Crippen molar-refractivity contribution < 1.29 is 17.9 Å². The van der Waals surface area contributed by atoms with E-state index in [0.717, 1.165) is 66.3 Å². The van der Waals surface area contributed by atoms with Gasteiger partial charge in [-0.15, -0.1) is 0 Å². The third-order valence-electron chi connectivity index (χ3n) is 7.56. The lowest BCUT2D eigenvalue weighted by Crippen LogP contribution is -2.38. The average molecular weight is 542 g/mol. The summed E-state index contributed by atoms with van der Waals surface area (Å²) < 4.78 is 35.0. The second kappa shape index (κ2) is 10.8. The van der Waals surface area contributed by atoms with Crippen molar-refractivity contribution in [2.45, 2.75) is 75.8 Å². The number of aromatic nitrogens is 1. The summed E-state index contributed by atoms with van der Waals surface area (Å²) in [5.74, 6) is -0.200. The molecule has 9 heteroatoms. The summed E-state index contributed by atoms with van der Waals surface area (Å²) in [6.07, 6.45) is 6.91. The maximum absolute atomic E-state index is 13.8. The lowest BCUT2D eigenvalue weighted by molar-refractivity contribution is 0.0917. The number of sulfonamides is 1. The summed E-state index contributed by atoms with van der Waals surface area (Å²) in [6, 6.07) is 10.5. The third-order valence-corrected chi connectivity index (χ3v) is 10.7. The Bertz CT molecular complexity index is 1370. The van der Waals surface area contributed by atoms with Gasteiger partial charge >= 0.3 is 0 Å². The third kappa shape index (κ3) is 5.46. The van der Waals surface area contributed by atoms with Gasteiger partial charge in [0, 0.05) is 25.3 Å². The van der Waals surface area contributed by atoms with Crippen LogP contribution >= 0.6 is 11.3 Å². The zero-order valence-electron chi connectivity index (χ0n) is 21.8. The molecule has 5 rings (SSSR count). The second-order valence-corrected chi connectivity index (χ2v) is 13.3. The highest BCUT2D eigenvalue weighted by atomic mass is 32.2. The molecule has 3 aromatic rings. The van der Waals surface area contributed by atoms with Crippen molar-refractivity contribution in [2.24, 2.45) is 0 Å². The molecule has 2 aliphatic rings. The van der Waals surface area contributed by atoms with Crippen LogP contribution in [0.3, 0.4) is 0 Å². The van der Waals surface area contributed by atoms with Crippen LogP contribution in [0.1, 0.15) is 66.4 Å². The number of amides is 1.